The van der Waals surface area contributed by atoms with Gasteiger partial charge in [0.2, 0.25) is 0 Å². The Labute approximate surface area is 111 Å². The zero-order chi connectivity index (χ0) is 13.2. The van der Waals surface area contributed by atoms with Crippen molar-refractivity contribution < 1.29 is 14.6 Å². The Balaban J connectivity index is 2.18. The van der Waals surface area contributed by atoms with Crippen LogP contribution in [0.2, 0.25) is 5.02 Å². The molecule has 0 aliphatic heterocycles. The largest absolute Gasteiger partial charge is 0.480 e. The highest BCUT2D eigenvalue weighted by Crippen LogP contribution is 2.32. The summed E-state index contributed by atoms with van der Waals surface area (Å²) in [6.45, 7) is 1.01. The second kappa shape index (κ2) is 5.26. The van der Waals surface area contributed by atoms with Crippen LogP contribution in [0.5, 0.6) is 0 Å². The molecule has 2 rings (SSSR count). The van der Waals surface area contributed by atoms with Crippen molar-refractivity contribution in [3.05, 3.63) is 34.3 Å². The van der Waals surface area contributed by atoms with Crippen LogP contribution in [-0.2, 0) is 22.4 Å². The molecule has 18 heavy (non-hydrogen) atoms. The van der Waals surface area contributed by atoms with E-state index in [0.29, 0.717) is 31.0 Å². The molecule has 2 N–H and O–H groups in total. The summed E-state index contributed by atoms with van der Waals surface area (Å²) in [5.41, 5.74) is 1.13. The molecule has 5 heteroatoms. The molecule has 1 unspecified atom stereocenters. The number of carboxylic acid groups (broad SMARTS) is 1. The van der Waals surface area contributed by atoms with Gasteiger partial charge >= 0.3 is 5.97 Å². The monoisotopic (exact) mass is 269 g/mol. The molecule has 0 spiro atoms. The minimum absolute atomic E-state index is 0.460. The molecule has 1 aromatic carbocycles. The number of methoxy groups -OCH3 is 1. The lowest BCUT2D eigenvalue weighted by Gasteiger charge is -2.25. The van der Waals surface area contributed by atoms with Crippen LogP contribution in [0.15, 0.2) is 18.2 Å². The molecule has 0 bridgehead atoms. The van der Waals surface area contributed by atoms with Crippen LogP contribution in [0.4, 0.5) is 0 Å². The molecule has 0 heterocycles. The smallest absolute Gasteiger partial charge is 0.324 e. The molecule has 98 valence electrons. The number of rotatable bonds is 5. The second-order valence-corrected chi connectivity index (χ2v) is 5.01. The van der Waals surface area contributed by atoms with Gasteiger partial charge in [-0.05, 0) is 23.3 Å². The molecule has 1 aliphatic rings. The Morgan fingerprint density at radius 1 is 1.50 bits per heavy atom. The summed E-state index contributed by atoms with van der Waals surface area (Å²) in [6.07, 6.45) is 0.945. The van der Waals surface area contributed by atoms with Crippen molar-refractivity contribution in [2.24, 2.45) is 0 Å². The summed E-state index contributed by atoms with van der Waals surface area (Å²) in [7, 11) is 1.60. The number of fused-ring (bicyclic) bond motifs is 1. The molecule has 0 aromatic heterocycles. The quantitative estimate of drug-likeness (QED) is 0.796. The topological polar surface area (TPSA) is 58.6 Å². The Hall–Kier alpha value is -1.10. The van der Waals surface area contributed by atoms with E-state index in [0.717, 1.165) is 11.1 Å². The average molecular weight is 270 g/mol. The maximum Gasteiger partial charge on any atom is 0.324 e. The standard InChI is InChI=1S/C13H16ClNO3/c1-18-5-4-15-13(12(16)17)7-9-2-3-11(14)6-10(9)8-13/h2-3,6,15H,4-5,7-8H2,1H3,(H,16,17). The van der Waals surface area contributed by atoms with Gasteiger partial charge in [-0.15, -0.1) is 0 Å². The van der Waals surface area contributed by atoms with Crippen molar-refractivity contribution in [2.45, 2.75) is 18.4 Å². The fourth-order valence-corrected chi connectivity index (χ4v) is 2.58. The van der Waals surface area contributed by atoms with Gasteiger partial charge in [-0.3, -0.25) is 10.1 Å². The first kappa shape index (κ1) is 13.3. The summed E-state index contributed by atoms with van der Waals surface area (Å²) in [5.74, 6) is -0.828. The molecule has 1 aliphatic carbocycles. The van der Waals surface area contributed by atoms with Crippen LogP contribution in [0.3, 0.4) is 0 Å². The molecule has 0 fully saturated rings. The number of aliphatic carboxylic acids is 1. The van der Waals surface area contributed by atoms with Gasteiger partial charge in [-0.2, -0.15) is 0 Å². The van der Waals surface area contributed by atoms with Gasteiger partial charge in [-0.25, -0.2) is 0 Å². The van der Waals surface area contributed by atoms with Crippen LogP contribution in [0.25, 0.3) is 0 Å². The zero-order valence-corrected chi connectivity index (χ0v) is 11.0. The van der Waals surface area contributed by atoms with Crippen molar-refractivity contribution in [1.29, 1.82) is 0 Å². The third-order valence-electron chi connectivity index (χ3n) is 3.33. The number of carbonyl (C=O) groups is 1. The SMILES string of the molecule is COCCNC1(C(=O)O)Cc2ccc(Cl)cc2C1. The molecule has 1 aromatic rings. The van der Waals surface area contributed by atoms with Crippen molar-refractivity contribution in [3.8, 4) is 0 Å². The molecular formula is C13H16ClNO3. The Morgan fingerprint density at radius 3 is 2.89 bits per heavy atom. The third kappa shape index (κ3) is 2.51. The van der Waals surface area contributed by atoms with Crippen LogP contribution in [0, 0.1) is 0 Å². The fraction of sp³-hybridized carbons (Fsp3) is 0.462. The highest BCUT2D eigenvalue weighted by Gasteiger charge is 2.43. The van der Waals surface area contributed by atoms with Crippen LogP contribution >= 0.6 is 11.6 Å². The number of hydrogen-bond donors (Lipinski definition) is 2. The van der Waals surface area contributed by atoms with Crippen molar-refractivity contribution in [3.63, 3.8) is 0 Å². The van der Waals surface area contributed by atoms with Crippen molar-refractivity contribution in [1.82, 2.24) is 5.32 Å². The van der Waals surface area contributed by atoms with Gasteiger partial charge < -0.3 is 9.84 Å². The normalized spacial score (nSPS) is 21.9. The van der Waals surface area contributed by atoms with Gasteiger partial charge in [0, 0.05) is 31.5 Å². The van der Waals surface area contributed by atoms with Crippen LogP contribution in [0.1, 0.15) is 11.1 Å². The number of hydrogen-bond acceptors (Lipinski definition) is 3. The number of nitrogens with one attached hydrogen (secondary N) is 1. The molecule has 1 atom stereocenters. The Morgan fingerprint density at radius 2 is 2.22 bits per heavy atom. The molecular weight excluding hydrogens is 254 g/mol. The van der Waals surface area contributed by atoms with E-state index in [1.807, 2.05) is 12.1 Å². The predicted molar refractivity (Wildman–Crippen MR) is 69.1 cm³/mol. The molecule has 0 saturated carbocycles. The first-order valence-electron chi connectivity index (χ1n) is 5.82. The van der Waals surface area contributed by atoms with Gasteiger partial charge in [0.05, 0.1) is 6.61 Å². The van der Waals surface area contributed by atoms with Crippen molar-refractivity contribution >= 4 is 17.6 Å². The van der Waals surface area contributed by atoms with Crippen LogP contribution in [-0.4, -0.2) is 36.9 Å². The third-order valence-corrected chi connectivity index (χ3v) is 3.57. The summed E-state index contributed by atoms with van der Waals surface area (Å²) in [4.78, 5) is 11.5. The van der Waals surface area contributed by atoms with E-state index < -0.39 is 11.5 Å². The number of benzene rings is 1. The van der Waals surface area contributed by atoms with E-state index in [1.54, 1.807) is 13.2 Å². The lowest BCUT2D eigenvalue weighted by Crippen LogP contribution is -2.54. The Bertz CT molecular complexity index is 464. The molecule has 4 nitrogen and oxygen atoms in total. The maximum absolute atomic E-state index is 11.5. The van der Waals surface area contributed by atoms with E-state index in [9.17, 15) is 9.90 Å². The highest BCUT2D eigenvalue weighted by molar-refractivity contribution is 6.30. The molecule has 0 radical (unpaired) electrons. The lowest BCUT2D eigenvalue weighted by molar-refractivity contribution is -0.144. The highest BCUT2D eigenvalue weighted by atomic mass is 35.5. The lowest BCUT2D eigenvalue weighted by atomic mass is 9.96. The first-order chi connectivity index (χ1) is 8.57. The summed E-state index contributed by atoms with van der Waals surface area (Å²) in [6, 6.07) is 5.55. The maximum atomic E-state index is 11.5. The molecule has 0 saturated heterocycles. The minimum atomic E-state index is -0.925. The summed E-state index contributed by atoms with van der Waals surface area (Å²) < 4.78 is 4.95. The van der Waals surface area contributed by atoms with Crippen molar-refractivity contribution in [2.75, 3.05) is 20.3 Å². The number of ether oxygens (including phenoxy) is 1. The van der Waals surface area contributed by atoms with Gasteiger partial charge in [0.15, 0.2) is 0 Å². The summed E-state index contributed by atoms with van der Waals surface area (Å²) >= 11 is 5.94. The molecule has 0 amide bonds. The first-order valence-corrected chi connectivity index (χ1v) is 6.20. The van der Waals surface area contributed by atoms with Gasteiger partial charge in [0.25, 0.3) is 0 Å². The average Bonchev–Trinajstić information content (AvgIpc) is 2.68. The second-order valence-electron chi connectivity index (χ2n) is 4.57. The summed E-state index contributed by atoms with van der Waals surface area (Å²) in [5, 5.41) is 13.2. The minimum Gasteiger partial charge on any atom is -0.480 e. The van der Waals surface area contributed by atoms with E-state index in [1.165, 1.54) is 0 Å². The zero-order valence-electron chi connectivity index (χ0n) is 10.2. The number of halogens is 1. The predicted octanol–water partition coefficient (Wildman–Crippen LogP) is 1.50. The van der Waals surface area contributed by atoms with Crippen LogP contribution < -0.4 is 5.32 Å². The van der Waals surface area contributed by atoms with E-state index in [2.05, 4.69) is 5.32 Å². The number of carboxylic acids is 1. The van der Waals surface area contributed by atoms with Gasteiger partial charge in [0.1, 0.15) is 5.54 Å². The fourth-order valence-electron chi connectivity index (χ4n) is 2.39. The van der Waals surface area contributed by atoms with Gasteiger partial charge in [-0.1, -0.05) is 17.7 Å². The van der Waals surface area contributed by atoms with E-state index in [-0.39, 0.29) is 0 Å². The van der Waals surface area contributed by atoms with E-state index in [4.69, 9.17) is 16.3 Å². The Kier molecular flexibility index (Phi) is 3.90. The van der Waals surface area contributed by atoms with E-state index >= 15 is 0 Å².